The summed E-state index contributed by atoms with van der Waals surface area (Å²) in [5.74, 6) is -0.397. The summed E-state index contributed by atoms with van der Waals surface area (Å²) in [5, 5.41) is 2.95. The first kappa shape index (κ1) is 15.4. The van der Waals surface area contributed by atoms with E-state index in [0.29, 0.717) is 15.7 Å². The van der Waals surface area contributed by atoms with Crippen molar-refractivity contribution in [2.24, 2.45) is 0 Å². The minimum atomic E-state index is -0.317. The van der Waals surface area contributed by atoms with Gasteiger partial charge in [0.15, 0.2) is 5.78 Å². The van der Waals surface area contributed by atoms with E-state index in [1.165, 1.54) is 18.2 Å². The topological polar surface area (TPSA) is 29.1 Å². The number of rotatable bonds is 4. The van der Waals surface area contributed by atoms with Crippen LogP contribution in [0.5, 0.6) is 0 Å². The number of allylic oxidation sites excluding steroid dienone is 1. The van der Waals surface area contributed by atoms with Gasteiger partial charge in [0.25, 0.3) is 0 Å². The molecule has 0 fully saturated rings. The lowest BCUT2D eigenvalue weighted by molar-refractivity contribution is 0.104. The smallest absolute Gasteiger partial charge is 0.187 e. The molecule has 2 nitrogen and oxygen atoms in total. The van der Waals surface area contributed by atoms with Crippen LogP contribution in [0.2, 0.25) is 0 Å². The maximum atomic E-state index is 13.0. The summed E-state index contributed by atoms with van der Waals surface area (Å²) < 4.78 is 13.6. The molecule has 0 aliphatic rings. The Bertz CT molecular complexity index is 710. The molecule has 2 aromatic rings. The van der Waals surface area contributed by atoms with Gasteiger partial charge in [-0.05, 0) is 65.2 Å². The lowest BCUT2D eigenvalue weighted by atomic mass is 10.0. The van der Waals surface area contributed by atoms with Crippen molar-refractivity contribution in [3.63, 3.8) is 0 Å². The van der Waals surface area contributed by atoms with Crippen molar-refractivity contribution in [2.75, 3.05) is 5.32 Å². The van der Waals surface area contributed by atoms with Gasteiger partial charge in [-0.25, -0.2) is 4.39 Å². The number of ketones is 1. The number of halogens is 2. The van der Waals surface area contributed by atoms with E-state index >= 15 is 0 Å². The van der Waals surface area contributed by atoms with Crippen molar-refractivity contribution in [1.82, 2.24) is 0 Å². The molecule has 0 saturated carbocycles. The number of carbonyl (C=O) groups is 1. The largest absolute Gasteiger partial charge is 0.361 e. The Morgan fingerprint density at radius 3 is 2.57 bits per heavy atom. The van der Waals surface area contributed by atoms with Crippen LogP contribution < -0.4 is 5.32 Å². The summed E-state index contributed by atoms with van der Waals surface area (Å²) in [5.41, 5.74) is 3.59. The van der Waals surface area contributed by atoms with E-state index in [1.807, 2.05) is 32.0 Å². The van der Waals surface area contributed by atoms with E-state index in [0.717, 1.165) is 11.1 Å². The predicted octanol–water partition coefficient (Wildman–Crippen LogP) is 5.01. The van der Waals surface area contributed by atoms with Crippen LogP contribution in [0.3, 0.4) is 0 Å². The third-order valence-electron chi connectivity index (χ3n) is 3.20. The van der Waals surface area contributed by atoms with Crippen LogP contribution in [0, 0.1) is 19.7 Å². The average Bonchev–Trinajstić information content (AvgIpc) is 2.44. The Kier molecular flexibility index (Phi) is 4.91. The van der Waals surface area contributed by atoms with Crippen molar-refractivity contribution in [2.45, 2.75) is 13.8 Å². The molecular formula is C17H15BrFNO. The van der Waals surface area contributed by atoms with E-state index in [9.17, 15) is 9.18 Å². The first-order valence-electron chi connectivity index (χ1n) is 6.47. The van der Waals surface area contributed by atoms with Crippen LogP contribution in [-0.2, 0) is 0 Å². The maximum Gasteiger partial charge on any atom is 0.187 e. The van der Waals surface area contributed by atoms with Crippen LogP contribution in [0.15, 0.2) is 53.1 Å². The Morgan fingerprint density at radius 2 is 1.90 bits per heavy atom. The van der Waals surface area contributed by atoms with E-state index in [1.54, 1.807) is 12.3 Å². The van der Waals surface area contributed by atoms with Crippen molar-refractivity contribution in [1.29, 1.82) is 0 Å². The second kappa shape index (κ2) is 6.68. The molecule has 0 radical (unpaired) electrons. The summed E-state index contributed by atoms with van der Waals surface area (Å²) in [6, 6.07) is 9.93. The molecule has 0 atom stereocenters. The van der Waals surface area contributed by atoms with Gasteiger partial charge in [0, 0.05) is 22.3 Å². The highest BCUT2D eigenvalue weighted by molar-refractivity contribution is 9.10. The van der Waals surface area contributed by atoms with Crippen LogP contribution in [0.25, 0.3) is 0 Å². The van der Waals surface area contributed by atoms with E-state index in [-0.39, 0.29) is 11.6 Å². The van der Waals surface area contributed by atoms with Gasteiger partial charge in [-0.15, -0.1) is 0 Å². The van der Waals surface area contributed by atoms with Gasteiger partial charge in [-0.3, -0.25) is 4.79 Å². The molecule has 0 aromatic heterocycles. The second-order valence-electron chi connectivity index (χ2n) is 4.77. The molecule has 1 N–H and O–H groups in total. The molecule has 0 bridgehead atoms. The molecule has 21 heavy (non-hydrogen) atoms. The molecule has 0 aliphatic carbocycles. The third-order valence-corrected chi connectivity index (χ3v) is 3.85. The lowest BCUT2D eigenvalue weighted by Gasteiger charge is -2.04. The molecule has 0 heterocycles. The summed E-state index contributed by atoms with van der Waals surface area (Å²) >= 11 is 3.26. The van der Waals surface area contributed by atoms with Gasteiger partial charge in [-0.2, -0.15) is 0 Å². The molecule has 108 valence electrons. The molecule has 0 unspecified atom stereocenters. The van der Waals surface area contributed by atoms with E-state index in [2.05, 4.69) is 21.2 Å². The minimum Gasteiger partial charge on any atom is -0.361 e. The average molecular weight is 348 g/mol. The number of benzene rings is 2. The van der Waals surface area contributed by atoms with Crippen LogP contribution in [-0.4, -0.2) is 5.78 Å². The number of aryl methyl sites for hydroxylation is 2. The van der Waals surface area contributed by atoms with Crippen LogP contribution in [0.1, 0.15) is 21.5 Å². The third kappa shape index (κ3) is 4.02. The van der Waals surface area contributed by atoms with Crippen molar-refractivity contribution >= 4 is 27.4 Å². The first-order chi connectivity index (χ1) is 9.97. The number of anilines is 1. The molecule has 0 aliphatic heterocycles. The summed E-state index contributed by atoms with van der Waals surface area (Å²) in [6.07, 6.45) is 3.01. The van der Waals surface area contributed by atoms with E-state index < -0.39 is 0 Å². The Hall–Kier alpha value is -1.94. The van der Waals surface area contributed by atoms with E-state index in [4.69, 9.17) is 0 Å². The fraction of sp³-hybridized carbons (Fsp3) is 0.118. The number of carbonyl (C=O) groups excluding carboxylic acids is 1. The summed E-state index contributed by atoms with van der Waals surface area (Å²) in [4.78, 5) is 12.0. The fourth-order valence-electron chi connectivity index (χ4n) is 1.80. The Labute approximate surface area is 131 Å². The van der Waals surface area contributed by atoms with Crippen molar-refractivity contribution in [3.8, 4) is 0 Å². The highest BCUT2D eigenvalue weighted by atomic mass is 79.9. The van der Waals surface area contributed by atoms with Crippen molar-refractivity contribution < 1.29 is 9.18 Å². The van der Waals surface area contributed by atoms with Gasteiger partial charge < -0.3 is 5.32 Å². The molecule has 2 rings (SSSR count). The molecule has 2 aromatic carbocycles. The predicted molar refractivity (Wildman–Crippen MR) is 87.1 cm³/mol. The normalized spacial score (nSPS) is 10.9. The highest BCUT2D eigenvalue weighted by Crippen LogP contribution is 2.23. The molecule has 0 spiro atoms. The van der Waals surface area contributed by atoms with Gasteiger partial charge in [0.1, 0.15) is 5.82 Å². The molecule has 0 saturated heterocycles. The zero-order chi connectivity index (χ0) is 15.4. The monoisotopic (exact) mass is 347 g/mol. The first-order valence-corrected chi connectivity index (χ1v) is 7.26. The van der Waals surface area contributed by atoms with Crippen molar-refractivity contribution in [3.05, 3.63) is 75.7 Å². The lowest BCUT2D eigenvalue weighted by Crippen LogP contribution is -1.98. The maximum absolute atomic E-state index is 13.0. The second-order valence-corrected chi connectivity index (χ2v) is 5.62. The Morgan fingerprint density at radius 1 is 1.14 bits per heavy atom. The van der Waals surface area contributed by atoms with Crippen LogP contribution >= 0.6 is 15.9 Å². The summed E-state index contributed by atoms with van der Waals surface area (Å²) in [6.45, 7) is 3.98. The SMILES string of the molecule is Cc1ccc(C(=O)C=CNc2ccc(F)cc2Br)cc1C. The van der Waals surface area contributed by atoms with Gasteiger partial charge in [0.2, 0.25) is 0 Å². The quantitative estimate of drug-likeness (QED) is 0.621. The zero-order valence-corrected chi connectivity index (χ0v) is 13.4. The standard InChI is InChI=1S/C17H15BrFNO/c1-11-3-4-13(9-12(11)2)17(21)7-8-20-16-6-5-14(19)10-15(16)18/h3-10,20H,1-2H3. The molecule has 4 heteroatoms. The van der Waals surface area contributed by atoms with Gasteiger partial charge in [-0.1, -0.05) is 12.1 Å². The number of hydrogen-bond acceptors (Lipinski definition) is 2. The number of hydrogen-bond donors (Lipinski definition) is 1. The Balaban J connectivity index is 2.06. The molecule has 0 amide bonds. The minimum absolute atomic E-state index is 0.0798. The number of nitrogens with one attached hydrogen (secondary N) is 1. The summed E-state index contributed by atoms with van der Waals surface area (Å²) in [7, 11) is 0. The molecular weight excluding hydrogens is 333 g/mol. The highest BCUT2D eigenvalue weighted by Gasteiger charge is 2.03. The zero-order valence-electron chi connectivity index (χ0n) is 11.8. The fourth-order valence-corrected chi connectivity index (χ4v) is 2.27. The van der Waals surface area contributed by atoms with Gasteiger partial charge in [0.05, 0.1) is 5.69 Å². The van der Waals surface area contributed by atoms with Crippen LogP contribution in [0.4, 0.5) is 10.1 Å². The van der Waals surface area contributed by atoms with Gasteiger partial charge >= 0.3 is 0 Å².